The molecule has 1 N–H and O–H groups in total. The van der Waals surface area contributed by atoms with E-state index in [4.69, 9.17) is 5.11 Å². The summed E-state index contributed by atoms with van der Waals surface area (Å²) in [6.45, 7) is 5.40. The number of hydrogen-bond acceptors (Lipinski definition) is 3. The highest BCUT2D eigenvalue weighted by molar-refractivity contribution is 5.37. The van der Waals surface area contributed by atoms with Crippen LogP contribution >= 0.6 is 0 Å². The number of hydrogen-bond donors (Lipinski definition) is 1. The van der Waals surface area contributed by atoms with Crippen LogP contribution in [0, 0.1) is 11.3 Å². The van der Waals surface area contributed by atoms with Gasteiger partial charge in [0.2, 0.25) is 0 Å². The molecule has 92 valence electrons. The summed E-state index contributed by atoms with van der Waals surface area (Å²) in [4.78, 5) is 2.05. The van der Waals surface area contributed by atoms with Crippen molar-refractivity contribution < 1.29 is 5.11 Å². The Morgan fingerprint density at radius 1 is 1.35 bits per heavy atom. The second-order valence-electron chi connectivity index (χ2n) is 4.86. The molecule has 17 heavy (non-hydrogen) atoms. The predicted molar refractivity (Wildman–Crippen MR) is 68.5 cm³/mol. The molecule has 0 fully saturated rings. The second-order valence-corrected chi connectivity index (χ2v) is 4.86. The third kappa shape index (κ3) is 3.55. The molecule has 1 aromatic carbocycles. The highest BCUT2D eigenvalue weighted by Crippen LogP contribution is 2.26. The molecule has 0 aliphatic rings. The van der Waals surface area contributed by atoms with E-state index >= 15 is 0 Å². The highest BCUT2D eigenvalue weighted by atomic mass is 16.3. The molecule has 3 nitrogen and oxygen atoms in total. The summed E-state index contributed by atoms with van der Waals surface area (Å²) < 4.78 is 0. The smallest absolute Gasteiger partial charge is 0.0769 e. The van der Waals surface area contributed by atoms with E-state index in [9.17, 15) is 5.26 Å². The molecule has 0 aliphatic carbocycles. The Bertz CT molecular complexity index is 407. The van der Waals surface area contributed by atoms with Gasteiger partial charge >= 0.3 is 0 Å². The minimum Gasteiger partial charge on any atom is -0.395 e. The number of aliphatic hydroxyl groups excluding tert-OH is 1. The quantitative estimate of drug-likeness (QED) is 0.843. The lowest BCUT2D eigenvalue weighted by atomic mass is 9.83. The summed E-state index contributed by atoms with van der Waals surface area (Å²) in [5.41, 5.74) is 1.73. The van der Waals surface area contributed by atoms with E-state index in [0.29, 0.717) is 6.54 Å². The lowest BCUT2D eigenvalue weighted by molar-refractivity contribution is 0.217. The Balaban J connectivity index is 2.97. The first-order chi connectivity index (χ1) is 8.01. The summed E-state index contributed by atoms with van der Waals surface area (Å²) in [5.74, 6) is 0. The summed E-state index contributed by atoms with van der Waals surface area (Å²) in [6, 6.07) is 10.3. The second kappa shape index (κ2) is 5.81. The normalized spacial score (nSPS) is 11.5. The molecule has 0 heterocycles. The first kappa shape index (κ1) is 13.7. The van der Waals surface area contributed by atoms with Crippen molar-refractivity contribution >= 4 is 0 Å². The maximum Gasteiger partial charge on any atom is 0.0769 e. The summed E-state index contributed by atoms with van der Waals surface area (Å²) in [6.07, 6.45) is 0. The number of rotatable bonds is 5. The standard InChI is InChI=1S/C14H20N2O/c1-14(2,11-15)13-7-5-4-6-12(13)10-16(3)8-9-17/h4-7,17H,8-10H2,1-3H3. The molecule has 0 amide bonds. The number of likely N-dealkylation sites (N-methyl/N-ethyl adjacent to an activating group) is 1. The van der Waals surface area contributed by atoms with Gasteiger partial charge in [0, 0.05) is 13.1 Å². The molecule has 0 aliphatic heterocycles. The van der Waals surface area contributed by atoms with Crippen LogP contribution in [0.4, 0.5) is 0 Å². The zero-order valence-corrected chi connectivity index (χ0v) is 10.8. The Labute approximate surface area is 103 Å². The molecule has 0 aromatic heterocycles. The zero-order chi connectivity index (χ0) is 12.9. The number of nitriles is 1. The minimum absolute atomic E-state index is 0.153. The van der Waals surface area contributed by atoms with Crippen LogP contribution in [0.15, 0.2) is 24.3 Å². The van der Waals surface area contributed by atoms with Crippen molar-refractivity contribution in [2.75, 3.05) is 20.2 Å². The molecule has 1 rings (SSSR count). The van der Waals surface area contributed by atoms with Gasteiger partial charge in [0.25, 0.3) is 0 Å². The highest BCUT2D eigenvalue weighted by Gasteiger charge is 2.22. The largest absolute Gasteiger partial charge is 0.395 e. The molecule has 0 bridgehead atoms. The molecule has 0 spiro atoms. The molecule has 0 saturated heterocycles. The van der Waals surface area contributed by atoms with E-state index in [1.54, 1.807) is 0 Å². The van der Waals surface area contributed by atoms with E-state index in [-0.39, 0.29) is 6.61 Å². The van der Waals surface area contributed by atoms with Gasteiger partial charge < -0.3 is 5.11 Å². The van der Waals surface area contributed by atoms with Crippen LogP contribution in [0.3, 0.4) is 0 Å². The topological polar surface area (TPSA) is 47.3 Å². The SMILES string of the molecule is CN(CCO)Cc1ccccc1C(C)(C)C#N. The van der Waals surface area contributed by atoms with Crippen LogP contribution in [-0.4, -0.2) is 30.2 Å². The van der Waals surface area contributed by atoms with Crippen LogP contribution in [0.25, 0.3) is 0 Å². The predicted octanol–water partition coefficient (Wildman–Crippen LogP) is 1.91. The first-order valence-corrected chi connectivity index (χ1v) is 5.80. The molecular weight excluding hydrogens is 212 g/mol. The van der Waals surface area contributed by atoms with Gasteiger partial charge in [-0.3, -0.25) is 4.90 Å². The lowest BCUT2D eigenvalue weighted by Crippen LogP contribution is -2.24. The van der Waals surface area contributed by atoms with Crippen molar-refractivity contribution in [1.29, 1.82) is 5.26 Å². The van der Waals surface area contributed by atoms with Crippen molar-refractivity contribution in [2.45, 2.75) is 25.8 Å². The number of benzene rings is 1. The van der Waals surface area contributed by atoms with Crippen molar-refractivity contribution in [3.63, 3.8) is 0 Å². The fraction of sp³-hybridized carbons (Fsp3) is 0.500. The summed E-state index contributed by atoms with van der Waals surface area (Å²) in [5, 5.41) is 18.1. The van der Waals surface area contributed by atoms with Crippen LogP contribution in [0.2, 0.25) is 0 Å². The third-order valence-corrected chi connectivity index (χ3v) is 2.89. The van der Waals surface area contributed by atoms with Gasteiger partial charge in [-0.2, -0.15) is 5.26 Å². The Morgan fingerprint density at radius 3 is 2.59 bits per heavy atom. The number of nitrogens with zero attached hydrogens (tertiary/aromatic N) is 2. The Hall–Kier alpha value is -1.37. The average Bonchev–Trinajstić information content (AvgIpc) is 2.30. The van der Waals surface area contributed by atoms with Crippen molar-refractivity contribution in [2.24, 2.45) is 0 Å². The maximum absolute atomic E-state index is 9.21. The molecule has 0 unspecified atom stereocenters. The van der Waals surface area contributed by atoms with Crippen molar-refractivity contribution in [3.8, 4) is 6.07 Å². The van der Waals surface area contributed by atoms with Crippen LogP contribution in [-0.2, 0) is 12.0 Å². The molecule has 0 atom stereocenters. The minimum atomic E-state index is -0.476. The average molecular weight is 232 g/mol. The van der Waals surface area contributed by atoms with Gasteiger partial charge in [-0.15, -0.1) is 0 Å². The fourth-order valence-electron chi connectivity index (χ4n) is 1.87. The van der Waals surface area contributed by atoms with Gasteiger partial charge in [0.05, 0.1) is 18.1 Å². The summed E-state index contributed by atoms with van der Waals surface area (Å²) in [7, 11) is 1.96. The van der Waals surface area contributed by atoms with Crippen LogP contribution in [0.1, 0.15) is 25.0 Å². The lowest BCUT2D eigenvalue weighted by Gasteiger charge is -2.23. The van der Waals surface area contributed by atoms with Crippen LogP contribution in [0.5, 0.6) is 0 Å². The van der Waals surface area contributed by atoms with Crippen molar-refractivity contribution in [3.05, 3.63) is 35.4 Å². The Kier molecular flexibility index (Phi) is 4.68. The summed E-state index contributed by atoms with van der Waals surface area (Å²) >= 11 is 0. The van der Waals surface area contributed by atoms with Crippen LogP contribution < -0.4 is 0 Å². The van der Waals surface area contributed by atoms with E-state index < -0.39 is 5.41 Å². The molecule has 1 aromatic rings. The zero-order valence-electron chi connectivity index (χ0n) is 10.8. The number of aliphatic hydroxyl groups is 1. The van der Waals surface area contributed by atoms with E-state index in [2.05, 4.69) is 6.07 Å². The van der Waals surface area contributed by atoms with Crippen molar-refractivity contribution in [1.82, 2.24) is 4.90 Å². The van der Waals surface area contributed by atoms with Gasteiger partial charge in [-0.25, -0.2) is 0 Å². The molecular formula is C14H20N2O. The first-order valence-electron chi connectivity index (χ1n) is 5.80. The van der Waals surface area contributed by atoms with E-state index in [0.717, 1.165) is 17.7 Å². The third-order valence-electron chi connectivity index (χ3n) is 2.89. The van der Waals surface area contributed by atoms with Gasteiger partial charge in [0.1, 0.15) is 0 Å². The maximum atomic E-state index is 9.21. The molecule has 0 saturated carbocycles. The molecule has 0 radical (unpaired) electrons. The fourth-order valence-corrected chi connectivity index (χ4v) is 1.87. The Morgan fingerprint density at radius 2 is 2.00 bits per heavy atom. The molecule has 3 heteroatoms. The van der Waals surface area contributed by atoms with E-state index in [1.807, 2.05) is 50.1 Å². The van der Waals surface area contributed by atoms with Gasteiger partial charge in [0.15, 0.2) is 0 Å². The van der Waals surface area contributed by atoms with Gasteiger partial charge in [-0.1, -0.05) is 24.3 Å². The monoisotopic (exact) mass is 232 g/mol. The van der Waals surface area contributed by atoms with E-state index in [1.165, 1.54) is 0 Å². The van der Waals surface area contributed by atoms with Gasteiger partial charge in [-0.05, 0) is 32.0 Å².